The van der Waals surface area contributed by atoms with Crippen molar-refractivity contribution in [3.8, 4) is 11.4 Å². The van der Waals surface area contributed by atoms with E-state index in [9.17, 15) is 4.79 Å². The van der Waals surface area contributed by atoms with Crippen LogP contribution in [0.1, 0.15) is 5.56 Å². The third kappa shape index (κ3) is 2.62. The molecule has 5 heteroatoms. The molecule has 0 spiro atoms. The zero-order valence-corrected chi connectivity index (χ0v) is 10.7. The summed E-state index contributed by atoms with van der Waals surface area (Å²) in [5.41, 5.74) is 6.77. The van der Waals surface area contributed by atoms with E-state index in [0.717, 1.165) is 10.0 Å². The highest BCUT2D eigenvalue weighted by Gasteiger charge is 2.06. The molecule has 4 nitrogen and oxygen atoms in total. The van der Waals surface area contributed by atoms with Crippen LogP contribution in [0.5, 0.6) is 0 Å². The lowest BCUT2D eigenvalue weighted by Crippen LogP contribution is -2.17. The van der Waals surface area contributed by atoms with Crippen LogP contribution >= 0.6 is 15.9 Å². The minimum Gasteiger partial charge on any atom is -0.330 e. The van der Waals surface area contributed by atoms with Gasteiger partial charge in [0.05, 0.1) is 0 Å². The van der Waals surface area contributed by atoms with Crippen LogP contribution in [0, 0.1) is 0 Å². The predicted octanol–water partition coefficient (Wildman–Crippen LogP) is 1.70. The van der Waals surface area contributed by atoms with Gasteiger partial charge >= 0.3 is 0 Å². The number of nitrogens with zero attached hydrogens (tertiary/aromatic N) is 1. The standard InChI is InChI=1S/C12H12BrN3O/c13-10-4-2-1-3-9(10)11-15-7-8(5-6-14)12(17)16-11/h1-4,7H,5-6,14H2,(H,15,16,17). The van der Waals surface area contributed by atoms with Crippen LogP contribution in [-0.4, -0.2) is 16.5 Å². The molecule has 1 aromatic heterocycles. The fourth-order valence-corrected chi connectivity index (χ4v) is 2.02. The summed E-state index contributed by atoms with van der Waals surface area (Å²) >= 11 is 3.42. The summed E-state index contributed by atoms with van der Waals surface area (Å²) in [6, 6.07) is 7.61. The molecule has 3 N–H and O–H groups in total. The molecule has 0 saturated carbocycles. The van der Waals surface area contributed by atoms with Crippen molar-refractivity contribution in [2.75, 3.05) is 6.54 Å². The quantitative estimate of drug-likeness (QED) is 0.905. The van der Waals surface area contributed by atoms with E-state index in [1.807, 2.05) is 24.3 Å². The lowest BCUT2D eigenvalue weighted by molar-refractivity contribution is 0.924. The number of aromatic nitrogens is 2. The maximum Gasteiger partial charge on any atom is 0.254 e. The van der Waals surface area contributed by atoms with Crippen molar-refractivity contribution in [3.05, 3.63) is 50.9 Å². The molecule has 0 aliphatic rings. The van der Waals surface area contributed by atoms with Crippen molar-refractivity contribution >= 4 is 15.9 Å². The Hall–Kier alpha value is -1.46. The van der Waals surface area contributed by atoms with E-state index >= 15 is 0 Å². The average Bonchev–Trinajstić information content (AvgIpc) is 2.33. The monoisotopic (exact) mass is 293 g/mol. The molecule has 1 aromatic carbocycles. The van der Waals surface area contributed by atoms with Gasteiger partial charge in [0.25, 0.3) is 5.56 Å². The van der Waals surface area contributed by atoms with Gasteiger partial charge in [0.1, 0.15) is 5.82 Å². The maximum atomic E-state index is 11.7. The molecule has 0 saturated heterocycles. The van der Waals surface area contributed by atoms with Gasteiger partial charge in [0, 0.05) is 21.8 Å². The van der Waals surface area contributed by atoms with Gasteiger partial charge in [-0.2, -0.15) is 0 Å². The predicted molar refractivity (Wildman–Crippen MR) is 70.8 cm³/mol. The first kappa shape index (κ1) is 12.0. The maximum absolute atomic E-state index is 11.7. The van der Waals surface area contributed by atoms with Crippen molar-refractivity contribution < 1.29 is 0 Å². The van der Waals surface area contributed by atoms with E-state index in [4.69, 9.17) is 5.73 Å². The zero-order chi connectivity index (χ0) is 12.3. The molecule has 0 aliphatic heterocycles. The number of aromatic amines is 1. The highest BCUT2D eigenvalue weighted by molar-refractivity contribution is 9.10. The van der Waals surface area contributed by atoms with Crippen LogP contribution in [0.2, 0.25) is 0 Å². The third-order valence-electron chi connectivity index (χ3n) is 2.42. The summed E-state index contributed by atoms with van der Waals surface area (Å²) < 4.78 is 0.898. The van der Waals surface area contributed by atoms with Gasteiger partial charge in [-0.25, -0.2) is 4.98 Å². The molecule has 88 valence electrons. The Balaban J connectivity index is 2.45. The van der Waals surface area contributed by atoms with Gasteiger partial charge in [-0.05, 0) is 19.0 Å². The summed E-state index contributed by atoms with van der Waals surface area (Å²) in [6.45, 7) is 0.444. The molecule has 0 radical (unpaired) electrons. The van der Waals surface area contributed by atoms with Crippen LogP contribution in [-0.2, 0) is 6.42 Å². The second-order valence-corrected chi connectivity index (χ2v) is 4.46. The molecule has 1 heterocycles. The smallest absolute Gasteiger partial charge is 0.254 e. The normalized spacial score (nSPS) is 10.5. The van der Waals surface area contributed by atoms with E-state index in [1.54, 1.807) is 6.20 Å². The molecule has 0 fully saturated rings. The van der Waals surface area contributed by atoms with E-state index in [-0.39, 0.29) is 5.56 Å². The molecule has 0 aliphatic carbocycles. The largest absolute Gasteiger partial charge is 0.330 e. The van der Waals surface area contributed by atoms with Crippen LogP contribution in [0.25, 0.3) is 11.4 Å². The first-order valence-corrected chi connectivity index (χ1v) is 6.05. The zero-order valence-electron chi connectivity index (χ0n) is 9.11. The minimum atomic E-state index is -0.129. The Morgan fingerprint density at radius 1 is 1.35 bits per heavy atom. The first-order chi connectivity index (χ1) is 8.22. The van der Waals surface area contributed by atoms with E-state index in [2.05, 4.69) is 25.9 Å². The Labute approximate surface area is 107 Å². The highest BCUT2D eigenvalue weighted by atomic mass is 79.9. The van der Waals surface area contributed by atoms with Gasteiger partial charge < -0.3 is 10.7 Å². The summed E-state index contributed by atoms with van der Waals surface area (Å²) in [5, 5.41) is 0. The van der Waals surface area contributed by atoms with Crippen molar-refractivity contribution in [1.82, 2.24) is 9.97 Å². The van der Waals surface area contributed by atoms with Gasteiger partial charge in [-0.3, -0.25) is 4.79 Å². The Kier molecular flexibility index (Phi) is 3.71. The number of rotatable bonds is 3. The number of hydrogen-bond donors (Lipinski definition) is 2. The number of hydrogen-bond acceptors (Lipinski definition) is 3. The van der Waals surface area contributed by atoms with Crippen LogP contribution in [0.3, 0.4) is 0 Å². The first-order valence-electron chi connectivity index (χ1n) is 5.25. The highest BCUT2D eigenvalue weighted by Crippen LogP contribution is 2.23. The summed E-state index contributed by atoms with van der Waals surface area (Å²) in [7, 11) is 0. The van der Waals surface area contributed by atoms with E-state index < -0.39 is 0 Å². The SMILES string of the molecule is NCCc1cnc(-c2ccccc2Br)[nH]c1=O. The van der Waals surface area contributed by atoms with Crippen molar-refractivity contribution in [3.63, 3.8) is 0 Å². The number of H-pyrrole nitrogens is 1. The molecule has 0 atom stereocenters. The lowest BCUT2D eigenvalue weighted by atomic mass is 10.2. The molecular weight excluding hydrogens is 282 g/mol. The second kappa shape index (κ2) is 5.25. The van der Waals surface area contributed by atoms with Crippen molar-refractivity contribution in [2.24, 2.45) is 5.73 Å². The summed E-state index contributed by atoms with van der Waals surface area (Å²) in [6.07, 6.45) is 2.12. The fourth-order valence-electron chi connectivity index (χ4n) is 1.54. The van der Waals surface area contributed by atoms with Gasteiger partial charge in [-0.15, -0.1) is 0 Å². The van der Waals surface area contributed by atoms with Crippen molar-refractivity contribution in [2.45, 2.75) is 6.42 Å². The molecular formula is C12H12BrN3O. The van der Waals surface area contributed by atoms with Crippen LogP contribution < -0.4 is 11.3 Å². The van der Waals surface area contributed by atoms with Gasteiger partial charge in [-0.1, -0.05) is 34.1 Å². The topological polar surface area (TPSA) is 71.8 Å². The lowest BCUT2D eigenvalue weighted by Gasteiger charge is -2.04. The molecule has 2 rings (SSSR count). The molecule has 0 unspecified atom stereocenters. The molecule has 0 amide bonds. The van der Waals surface area contributed by atoms with Gasteiger partial charge in [0.2, 0.25) is 0 Å². The van der Waals surface area contributed by atoms with Gasteiger partial charge in [0.15, 0.2) is 0 Å². The number of halogens is 1. The Bertz CT molecular complexity index is 580. The average molecular weight is 294 g/mol. The number of nitrogens with two attached hydrogens (primary N) is 1. The Morgan fingerprint density at radius 2 is 2.12 bits per heavy atom. The fraction of sp³-hybridized carbons (Fsp3) is 0.167. The summed E-state index contributed by atoms with van der Waals surface area (Å²) in [4.78, 5) is 18.8. The molecule has 17 heavy (non-hydrogen) atoms. The van der Waals surface area contributed by atoms with Crippen LogP contribution in [0.4, 0.5) is 0 Å². The number of nitrogens with one attached hydrogen (secondary N) is 1. The second-order valence-electron chi connectivity index (χ2n) is 3.60. The minimum absolute atomic E-state index is 0.129. The van der Waals surface area contributed by atoms with E-state index in [0.29, 0.717) is 24.4 Å². The van der Waals surface area contributed by atoms with E-state index in [1.165, 1.54) is 0 Å². The molecule has 2 aromatic rings. The Morgan fingerprint density at radius 3 is 2.76 bits per heavy atom. The number of benzene rings is 1. The third-order valence-corrected chi connectivity index (χ3v) is 3.11. The summed E-state index contributed by atoms with van der Waals surface area (Å²) in [5.74, 6) is 0.559. The molecule has 0 bridgehead atoms. The van der Waals surface area contributed by atoms with Crippen LogP contribution in [0.15, 0.2) is 39.7 Å². The van der Waals surface area contributed by atoms with Crippen molar-refractivity contribution in [1.29, 1.82) is 0 Å².